The van der Waals surface area contributed by atoms with E-state index in [0.29, 0.717) is 30.4 Å². The molecule has 3 rings (SSSR count). The third-order valence-electron chi connectivity index (χ3n) is 4.20. The molecule has 0 atom stereocenters. The number of carbonyl (C=O) groups excluding carboxylic acids is 2. The van der Waals surface area contributed by atoms with Crippen LogP contribution in [0, 0.1) is 0 Å². The first-order valence-electron chi connectivity index (χ1n) is 9.28. The number of ether oxygens (including phenoxy) is 3. The third kappa shape index (κ3) is 5.46. The van der Waals surface area contributed by atoms with Crippen molar-refractivity contribution in [2.24, 2.45) is 0 Å². The lowest BCUT2D eigenvalue weighted by Crippen LogP contribution is -2.35. The Morgan fingerprint density at radius 3 is 2.68 bits per heavy atom. The Morgan fingerprint density at radius 2 is 1.96 bits per heavy atom. The Hall–Kier alpha value is -2.58. The van der Waals surface area contributed by atoms with E-state index in [2.05, 4.69) is 10.2 Å². The summed E-state index contributed by atoms with van der Waals surface area (Å²) in [6.45, 7) is 5.11. The molecule has 0 radical (unpaired) electrons. The lowest BCUT2D eigenvalue weighted by atomic mass is 10.2. The first kappa shape index (κ1) is 20.2. The zero-order valence-electron chi connectivity index (χ0n) is 15.8. The predicted molar refractivity (Wildman–Crippen MR) is 107 cm³/mol. The van der Waals surface area contributed by atoms with Crippen LogP contribution in [-0.4, -0.2) is 51.5 Å². The zero-order chi connectivity index (χ0) is 19.8. The van der Waals surface area contributed by atoms with Crippen molar-refractivity contribution in [2.75, 3.05) is 44.4 Å². The van der Waals surface area contributed by atoms with E-state index in [0.717, 1.165) is 30.1 Å². The minimum absolute atomic E-state index is 0.197. The van der Waals surface area contributed by atoms with Crippen LogP contribution in [0.4, 0.5) is 9.80 Å². The summed E-state index contributed by atoms with van der Waals surface area (Å²) >= 11 is 1.31. The summed E-state index contributed by atoms with van der Waals surface area (Å²) in [6, 6.07) is 11.9. The first-order valence-corrected chi connectivity index (χ1v) is 10.1. The molecule has 0 bridgehead atoms. The highest BCUT2D eigenvalue weighted by Crippen LogP contribution is 2.36. The second-order valence-corrected chi connectivity index (χ2v) is 7.17. The summed E-state index contributed by atoms with van der Waals surface area (Å²) in [4.78, 5) is 26.7. The summed E-state index contributed by atoms with van der Waals surface area (Å²) < 4.78 is 16.1. The van der Waals surface area contributed by atoms with E-state index >= 15 is 0 Å². The van der Waals surface area contributed by atoms with Gasteiger partial charge in [-0.2, -0.15) is 0 Å². The fraction of sp³-hybridized carbons (Fsp3) is 0.400. The van der Waals surface area contributed by atoms with E-state index in [-0.39, 0.29) is 6.61 Å². The number of rotatable bonds is 7. The normalized spacial score (nSPS) is 13.8. The lowest BCUT2D eigenvalue weighted by molar-refractivity contribution is 0.0925. The monoisotopic (exact) mass is 404 g/mol. The van der Waals surface area contributed by atoms with Gasteiger partial charge in [-0.1, -0.05) is 30.3 Å². The van der Waals surface area contributed by atoms with Gasteiger partial charge in [0.25, 0.3) is 5.91 Å². The van der Waals surface area contributed by atoms with Crippen LogP contribution in [0.5, 0.6) is 5.75 Å². The molecule has 1 aliphatic heterocycles. The van der Waals surface area contributed by atoms with Crippen molar-refractivity contribution < 1.29 is 23.8 Å². The molecule has 1 aromatic carbocycles. The van der Waals surface area contributed by atoms with Crippen LogP contribution in [-0.2, 0) is 15.9 Å². The number of hydrogen-bond acceptors (Lipinski definition) is 7. The second-order valence-electron chi connectivity index (χ2n) is 6.14. The van der Waals surface area contributed by atoms with Gasteiger partial charge in [0, 0.05) is 25.6 Å². The molecule has 28 heavy (non-hydrogen) atoms. The molecule has 8 heteroatoms. The van der Waals surface area contributed by atoms with Crippen molar-refractivity contribution in [1.82, 2.24) is 5.32 Å². The largest absolute Gasteiger partial charge is 0.491 e. The molecule has 1 fully saturated rings. The summed E-state index contributed by atoms with van der Waals surface area (Å²) in [7, 11) is 0. The minimum Gasteiger partial charge on any atom is -0.491 e. The number of hydrogen-bond donors (Lipinski definition) is 1. The second kappa shape index (κ2) is 10.1. The number of carbonyl (C=O) groups is 2. The molecular formula is C20H24N2O5S. The van der Waals surface area contributed by atoms with Gasteiger partial charge in [0.05, 0.1) is 31.4 Å². The van der Waals surface area contributed by atoms with E-state index in [9.17, 15) is 9.59 Å². The number of benzene rings is 1. The van der Waals surface area contributed by atoms with Crippen LogP contribution in [0.3, 0.4) is 0 Å². The molecule has 150 valence electrons. The maximum atomic E-state index is 12.6. The van der Waals surface area contributed by atoms with E-state index in [1.54, 1.807) is 6.92 Å². The molecule has 1 aliphatic rings. The maximum absolute atomic E-state index is 12.6. The molecule has 7 nitrogen and oxygen atoms in total. The van der Waals surface area contributed by atoms with Gasteiger partial charge in [-0.15, -0.1) is 11.3 Å². The number of anilines is 1. The molecule has 2 amide bonds. The number of nitrogens with zero attached hydrogens (tertiary/aromatic N) is 1. The highest BCUT2D eigenvalue weighted by atomic mass is 32.1. The third-order valence-corrected chi connectivity index (χ3v) is 5.37. The Kier molecular flexibility index (Phi) is 7.27. The van der Waals surface area contributed by atoms with Crippen LogP contribution in [0.1, 0.15) is 22.2 Å². The molecule has 1 saturated heterocycles. The number of morpholine rings is 1. The van der Waals surface area contributed by atoms with Crippen molar-refractivity contribution in [3.8, 4) is 5.75 Å². The number of nitrogens with one attached hydrogen (secondary N) is 1. The van der Waals surface area contributed by atoms with Crippen LogP contribution < -0.4 is 15.0 Å². The quantitative estimate of drug-likeness (QED) is 0.764. The number of alkyl carbamates (subject to hydrolysis) is 1. The molecule has 2 heterocycles. The lowest BCUT2D eigenvalue weighted by Gasteiger charge is -2.27. The fourth-order valence-corrected chi connectivity index (χ4v) is 3.86. The Bertz CT molecular complexity index is 787. The molecule has 0 aliphatic carbocycles. The summed E-state index contributed by atoms with van der Waals surface area (Å²) in [5, 5.41) is 3.17. The van der Waals surface area contributed by atoms with Crippen molar-refractivity contribution in [3.63, 3.8) is 0 Å². The van der Waals surface area contributed by atoms with Gasteiger partial charge in [0.2, 0.25) is 0 Å². The van der Waals surface area contributed by atoms with Crippen LogP contribution in [0.15, 0.2) is 36.4 Å². The van der Waals surface area contributed by atoms with E-state index in [1.165, 1.54) is 11.3 Å². The maximum Gasteiger partial charge on any atom is 0.414 e. The zero-order valence-corrected chi connectivity index (χ0v) is 16.6. The molecule has 0 saturated carbocycles. The molecule has 2 aromatic rings. The van der Waals surface area contributed by atoms with Gasteiger partial charge in [-0.05, 0) is 12.5 Å². The number of thiophene rings is 1. The topological polar surface area (TPSA) is 77.1 Å². The first-order chi connectivity index (χ1) is 13.7. The number of imide groups is 1. The smallest absolute Gasteiger partial charge is 0.414 e. The van der Waals surface area contributed by atoms with Crippen molar-refractivity contribution in [2.45, 2.75) is 13.3 Å². The average molecular weight is 404 g/mol. The van der Waals surface area contributed by atoms with Gasteiger partial charge in [-0.25, -0.2) is 4.79 Å². The Balaban J connectivity index is 1.72. The van der Waals surface area contributed by atoms with Gasteiger partial charge in [0.15, 0.2) is 0 Å². The molecule has 1 N–H and O–H groups in total. The van der Waals surface area contributed by atoms with Gasteiger partial charge in [-0.3, -0.25) is 10.1 Å². The molecule has 0 unspecified atom stereocenters. The molecular weight excluding hydrogens is 380 g/mol. The van der Waals surface area contributed by atoms with Gasteiger partial charge < -0.3 is 19.1 Å². The van der Waals surface area contributed by atoms with Crippen molar-refractivity contribution in [3.05, 3.63) is 46.8 Å². The minimum atomic E-state index is -0.760. The SMILES string of the molecule is CCOC(=O)NC(=O)c1sc(N2CCOCC2)cc1OCCc1ccccc1. The Morgan fingerprint density at radius 1 is 1.21 bits per heavy atom. The van der Waals surface area contributed by atoms with E-state index in [1.807, 2.05) is 36.4 Å². The summed E-state index contributed by atoms with van der Waals surface area (Å²) in [6.07, 6.45) is -0.0354. The standard InChI is InChI=1S/C20H24N2O5S/c1-2-26-20(24)21-19(23)18-16(27-11-8-15-6-4-3-5-7-15)14-17(28-18)22-9-12-25-13-10-22/h3-7,14H,2,8-13H2,1H3,(H,21,23,24). The van der Waals surface area contributed by atoms with Gasteiger partial charge >= 0.3 is 6.09 Å². The van der Waals surface area contributed by atoms with E-state index < -0.39 is 12.0 Å². The van der Waals surface area contributed by atoms with Crippen molar-refractivity contribution in [1.29, 1.82) is 0 Å². The highest BCUT2D eigenvalue weighted by molar-refractivity contribution is 7.18. The summed E-state index contributed by atoms with van der Waals surface area (Å²) in [5.74, 6) is -0.0399. The van der Waals surface area contributed by atoms with Crippen LogP contribution in [0.25, 0.3) is 0 Å². The van der Waals surface area contributed by atoms with Crippen molar-refractivity contribution >= 4 is 28.3 Å². The van der Waals surface area contributed by atoms with Crippen LogP contribution >= 0.6 is 11.3 Å². The fourth-order valence-electron chi connectivity index (χ4n) is 2.81. The highest BCUT2D eigenvalue weighted by Gasteiger charge is 2.23. The Labute approximate surface area is 168 Å². The number of amides is 2. The molecule has 1 aromatic heterocycles. The van der Waals surface area contributed by atoms with Gasteiger partial charge in [0.1, 0.15) is 10.6 Å². The van der Waals surface area contributed by atoms with E-state index in [4.69, 9.17) is 14.2 Å². The summed E-state index contributed by atoms with van der Waals surface area (Å²) in [5.41, 5.74) is 1.16. The average Bonchev–Trinajstić information content (AvgIpc) is 3.14. The predicted octanol–water partition coefficient (Wildman–Crippen LogP) is 3.09. The molecule has 0 spiro atoms. The van der Waals surface area contributed by atoms with Crippen LogP contribution in [0.2, 0.25) is 0 Å².